The number of fused-ring (bicyclic) bond motifs is 1. The van der Waals surface area contributed by atoms with Crippen molar-refractivity contribution < 1.29 is 23.7 Å². The fourth-order valence-corrected chi connectivity index (χ4v) is 13.4. The van der Waals surface area contributed by atoms with Gasteiger partial charge in [-0.15, -0.1) is 0 Å². The molecule has 1 amide bonds. The molecule has 0 unspecified atom stereocenters. The maximum atomic E-state index is 14.4. The molecule has 0 saturated carbocycles. The SMILES string of the molecule is C=C/C(=C\C1=C(C)C(C)(C)CN1C(=C)CN1C[C@@H](C)NC[C@@H]1CN1CCO[C@H](COc2cccc(OC[C@@H]3CN(C[C@H]4CN[C@H](C)CN4CC(=O)N4CC(C)(C)c5ncc(Cc6ccc(Br)cc6)cc54)CCO3)c2)C1)Cc1ccc(Br)cc1. The molecule has 0 bridgehead atoms. The van der Waals surface area contributed by atoms with Gasteiger partial charge in [0.1, 0.15) is 36.9 Å². The summed E-state index contributed by atoms with van der Waals surface area (Å²) >= 11 is 7.14. The third-order valence-corrected chi connectivity index (χ3v) is 18.9. The lowest BCUT2D eigenvalue weighted by molar-refractivity contribution is -0.121. The van der Waals surface area contributed by atoms with Crippen molar-refractivity contribution in [2.24, 2.45) is 5.41 Å². The molecule has 16 heteroatoms. The van der Waals surface area contributed by atoms with E-state index in [0.717, 1.165) is 134 Å². The van der Waals surface area contributed by atoms with Crippen LogP contribution in [0.2, 0.25) is 0 Å². The molecule has 0 spiro atoms. The van der Waals surface area contributed by atoms with Crippen LogP contribution in [-0.2, 0) is 32.5 Å². The third kappa shape index (κ3) is 15.8. The lowest BCUT2D eigenvalue weighted by Crippen LogP contribution is -2.61. The first-order chi connectivity index (χ1) is 39.8. The summed E-state index contributed by atoms with van der Waals surface area (Å²) < 4.78 is 27.6. The van der Waals surface area contributed by atoms with E-state index in [4.69, 9.17) is 30.5 Å². The number of piperazine rings is 2. The number of amides is 1. The number of rotatable bonds is 21. The topological polar surface area (TPSA) is 110 Å². The molecular formula is C67H89Br2N9O5. The van der Waals surface area contributed by atoms with Crippen molar-refractivity contribution in [3.05, 3.63) is 164 Å². The fourth-order valence-electron chi connectivity index (χ4n) is 12.9. The number of allylic oxidation sites excluding steroid dienone is 3. The highest BCUT2D eigenvalue weighted by Gasteiger charge is 2.42. The molecule has 3 aromatic carbocycles. The Hall–Kier alpha value is -4.72. The van der Waals surface area contributed by atoms with Gasteiger partial charge in [-0.3, -0.25) is 29.4 Å². The number of carbonyl (C=O) groups is 1. The van der Waals surface area contributed by atoms with E-state index in [1.807, 2.05) is 41.4 Å². The number of hydrogen-bond acceptors (Lipinski definition) is 13. The van der Waals surface area contributed by atoms with Crippen LogP contribution in [0, 0.1) is 5.41 Å². The first kappa shape index (κ1) is 61.4. The molecule has 83 heavy (non-hydrogen) atoms. The van der Waals surface area contributed by atoms with E-state index in [1.165, 1.54) is 28.0 Å². The summed E-state index contributed by atoms with van der Waals surface area (Å²) in [4.78, 5) is 33.9. The van der Waals surface area contributed by atoms with E-state index in [0.29, 0.717) is 51.6 Å². The average Bonchev–Trinajstić information content (AvgIpc) is 3.85. The van der Waals surface area contributed by atoms with Crippen LogP contribution in [0.4, 0.5) is 5.69 Å². The number of anilines is 1. The average molecular weight is 1260 g/mol. The van der Waals surface area contributed by atoms with Gasteiger partial charge in [-0.25, -0.2) is 0 Å². The van der Waals surface area contributed by atoms with Crippen LogP contribution in [0.25, 0.3) is 0 Å². The molecule has 6 atom stereocenters. The maximum absolute atomic E-state index is 14.4. The van der Waals surface area contributed by atoms with Gasteiger partial charge in [0.15, 0.2) is 0 Å². The lowest BCUT2D eigenvalue weighted by atomic mass is 9.87. The quantitative estimate of drug-likeness (QED) is 0.0775. The number of aromatic nitrogens is 1. The Morgan fingerprint density at radius 2 is 1.29 bits per heavy atom. The Morgan fingerprint density at radius 3 is 1.87 bits per heavy atom. The van der Waals surface area contributed by atoms with E-state index < -0.39 is 0 Å². The summed E-state index contributed by atoms with van der Waals surface area (Å²) in [6.07, 6.45) is 7.76. The number of nitrogens with zero attached hydrogens (tertiary/aromatic N) is 7. The van der Waals surface area contributed by atoms with Gasteiger partial charge in [0, 0.05) is 153 Å². The summed E-state index contributed by atoms with van der Waals surface area (Å²) in [5.41, 5.74) is 10.3. The van der Waals surface area contributed by atoms with Gasteiger partial charge in [0.05, 0.1) is 31.1 Å². The molecule has 446 valence electrons. The number of morpholine rings is 2. The van der Waals surface area contributed by atoms with Crippen LogP contribution in [-0.4, -0.2) is 190 Å². The number of ether oxygens (including phenoxy) is 4. The third-order valence-electron chi connectivity index (χ3n) is 17.8. The molecule has 14 nitrogen and oxygen atoms in total. The van der Waals surface area contributed by atoms with Crippen molar-refractivity contribution in [2.45, 2.75) is 103 Å². The molecule has 0 aliphatic carbocycles. The predicted molar refractivity (Wildman–Crippen MR) is 340 cm³/mol. The number of hydrogen-bond donors (Lipinski definition) is 2. The van der Waals surface area contributed by atoms with Gasteiger partial charge in [-0.2, -0.15) is 0 Å². The van der Waals surface area contributed by atoms with E-state index in [2.05, 4.69) is 183 Å². The minimum Gasteiger partial charge on any atom is -0.491 e. The van der Waals surface area contributed by atoms with Crippen molar-refractivity contribution in [1.82, 2.24) is 40.1 Å². The van der Waals surface area contributed by atoms with Crippen LogP contribution >= 0.6 is 31.9 Å². The van der Waals surface area contributed by atoms with Crippen LogP contribution < -0.4 is 25.0 Å². The molecule has 2 N–H and O–H groups in total. The highest BCUT2D eigenvalue weighted by molar-refractivity contribution is 9.10. The Kier molecular flexibility index (Phi) is 20.2. The van der Waals surface area contributed by atoms with Crippen LogP contribution in [0.3, 0.4) is 0 Å². The van der Waals surface area contributed by atoms with Crippen molar-refractivity contribution >= 4 is 43.5 Å². The Morgan fingerprint density at radius 1 is 0.735 bits per heavy atom. The highest BCUT2D eigenvalue weighted by atomic mass is 79.9. The summed E-state index contributed by atoms with van der Waals surface area (Å²) in [5.74, 6) is 1.64. The van der Waals surface area contributed by atoms with Crippen LogP contribution in [0.5, 0.6) is 11.5 Å². The van der Waals surface area contributed by atoms with Crippen molar-refractivity contribution in [2.75, 3.05) is 123 Å². The maximum Gasteiger partial charge on any atom is 0.241 e. The number of pyridine rings is 1. The second kappa shape index (κ2) is 27.3. The fraction of sp³-hybridized carbons (Fsp3) is 0.522. The van der Waals surface area contributed by atoms with E-state index in [9.17, 15) is 4.79 Å². The van der Waals surface area contributed by atoms with Gasteiger partial charge < -0.3 is 39.4 Å². The van der Waals surface area contributed by atoms with E-state index >= 15 is 0 Å². The Balaban J connectivity index is 0.689. The largest absolute Gasteiger partial charge is 0.491 e. The van der Waals surface area contributed by atoms with E-state index in [1.54, 1.807) is 0 Å². The first-order valence-electron chi connectivity index (χ1n) is 30.1. The second-order valence-electron chi connectivity index (χ2n) is 25.5. The molecule has 4 aromatic rings. The smallest absolute Gasteiger partial charge is 0.241 e. The number of benzene rings is 3. The van der Waals surface area contributed by atoms with Gasteiger partial charge in [-0.1, -0.05) is 109 Å². The van der Waals surface area contributed by atoms with Crippen molar-refractivity contribution in [3.63, 3.8) is 0 Å². The van der Waals surface area contributed by atoms with Gasteiger partial charge >= 0.3 is 0 Å². The second-order valence-corrected chi connectivity index (χ2v) is 27.4. The minimum absolute atomic E-state index is 0.0245. The summed E-state index contributed by atoms with van der Waals surface area (Å²) in [7, 11) is 0. The van der Waals surface area contributed by atoms with Crippen LogP contribution in [0.1, 0.15) is 70.9 Å². The Bertz CT molecular complexity index is 2970. The summed E-state index contributed by atoms with van der Waals surface area (Å²) in [5, 5.41) is 7.49. The normalized spacial score (nSPS) is 25.4. The van der Waals surface area contributed by atoms with Crippen molar-refractivity contribution in [3.8, 4) is 11.5 Å². The van der Waals surface area contributed by atoms with Gasteiger partial charge in [0.2, 0.25) is 5.91 Å². The summed E-state index contributed by atoms with van der Waals surface area (Å²) in [6.45, 7) is 38.2. The Labute approximate surface area is 511 Å². The molecular weight excluding hydrogens is 1170 g/mol. The zero-order chi connectivity index (χ0) is 58.4. The molecule has 4 saturated heterocycles. The summed E-state index contributed by atoms with van der Waals surface area (Å²) in [6, 6.07) is 28.3. The molecule has 6 aliphatic rings. The molecule has 6 aliphatic heterocycles. The zero-order valence-corrected chi connectivity index (χ0v) is 53.4. The number of halogens is 2. The van der Waals surface area contributed by atoms with Gasteiger partial charge in [-0.05, 0) is 110 Å². The standard InChI is InChI=1S/C67H89Br2N9O5/c1-10-50(26-51-14-18-54(68)19-15-51)28-62-49(5)66(6,7)44-77(62)48(4)36-75-34-46(2)70-32-56(75)37-73-22-24-80-60(39-73)42-82-58-12-11-13-59(30-58)83-43-61-40-74(23-25-81-61)38-57-33-71-47(3)35-76(57)41-64(79)78-45-67(8,9)65-63(78)29-53(31-72-65)27-52-16-20-55(69)21-17-52/h10-21,28-31,46-47,56-57,60-61,70-71H,1,4,22-27,32-45H2,2-3,5-9H3/b50-28+/t46-,47-,56-,57-,60+,61+/m1/s1. The molecule has 0 radical (unpaired) electrons. The molecule has 7 heterocycles. The van der Waals surface area contributed by atoms with Crippen molar-refractivity contribution in [1.29, 1.82) is 0 Å². The monoisotopic (exact) mass is 1260 g/mol. The molecule has 4 fully saturated rings. The number of carbonyl (C=O) groups excluding carboxylic acids is 1. The van der Waals surface area contributed by atoms with E-state index in [-0.39, 0.29) is 41.0 Å². The molecule has 1 aromatic heterocycles. The first-order valence-corrected chi connectivity index (χ1v) is 31.7. The van der Waals surface area contributed by atoms with Crippen LogP contribution in [0.15, 0.2) is 142 Å². The lowest BCUT2D eigenvalue weighted by Gasteiger charge is -2.44. The molecule has 10 rings (SSSR count). The minimum atomic E-state index is -0.232. The highest BCUT2D eigenvalue weighted by Crippen LogP contribution is 2.42. The zero-order valence-electron chi connectivity index (χ0n) is 50.2. The number of nitrogens with one attached hydrogen (secondary N) is 2. The predicted octanol–water partition coefficient (Wildman–Crippen LogP) is 9.49. The van der Waals surface area contributed by atoms with Gasteiger partial charge in [0.25, 0.3) is 0 Å².